The Bertz CT molecular complexity index is 281. The molecule has 2 rings (SSSR count). The van der Waals surface area contributed by atoms with Crippen LogP contribution in [0.4, 0.5) is 0 Å². The number of likely N-dealkylation sites (tertiary alicyclic amines) is 1. The molecule has 1 unspecified atom stereocenters. The number of aliphatic hydroxyl groups excluding tert-OH is 1. The predicted molar refractivity (Wildman–Crippen MR) is 89.5 cm³/mol. The smallest absolute Gasteiger partial charge is 0.0431 e. The summed E-state index contributed by atoms with van der Waals surface area (Å²) in [5, 5.41) is 12.7. The Morgan fingerprint density at radius 3 is 2.67 bits per heavy atom. The van der Waals surface area contributed by atoms with Gasteiger partial charge in [-0.1, -0.05) is 26.7 Å². The minimum Gasteiger partial charge on any atom is -0.396 e. The largest absolute Gasteiger partial charge is 0.396 e. The lowest BCUT2D eigenvalue weighted by Crippen LogP contribution is -2.47. The van der Waals surface area contributed by atoms with Crippen LogP contribution in [-0.2, 0) is 0 Å². The van der Waals surface area contributed by atoms with Crippen molar-refractivity contribution in [3.63, 3.8) is 0 Å². The summed E-state index contributed by atoms with van der Waals surface area (Å²) >= 11 is 0. The van der Waals surface area contributed by atoms with Gasteiger partial charge in [0.05, 0.1) is 0 Å². The first-order chi connectivity index (χ1) is 10.2. The van der Waals surface area contributed by atoms with Crippen molar-refractivity contribution < 1.29 is 5.11 Å². The second-order valence-electron chi connectivity index (χ2n) is 7.60. The lowest BCUT2D eigenvalue weighted by molar-refractivity contribution is 0.0767. The van der Waals surface area contributed by atoms with Gasteiger partial charge in [-0.05, 0) is 62.9 Å². The molecule has 0 radical (unpaired) electrons. The number of nitrogens with zero attached hydrogens (tertiary/aromatic N) is 1. The summed E-state index contributed by atoms with van der Waals surface area (Å²) in [6.07, 6.45) is 10.4. The molecule has 0 aromatic rings. The van der Waals surface area contributed by atoms with Crippen LogP contribution in [0.5, 0.6) is 0 Å². The van der Waals surface area contributed by atoms with Gasteiger partial charge in [0.25, 0.3) is 0 Å². The van der Waals surface area contributed by atoms with Crippen LogP contribution in [0.15, 0.2) is 0 Å². The maximum absolute atomic E-state index is 9.10. The van der Waals surface area contributed by atoms with Gasteiger partial charge in [-0.2, -0.15) is 0 Å². The normalized spacial score (nSPS) is 34.4. The van der Waals surface area contributed by atoms with Crippen molar-refractivity contribution in [1.82, 2.24) is 10.2 Å². The van der Waals surface area contributed by atoms with Crippen LogP contribution in [0, 0.1) is 11.3 Å². The van der Waals surface area contributed by atoms with Gasteiger partial charge >= 0.3 is 0 Å². The molecular formula is C18H36N2O. The van der Waals surface area contributed by atoms with Gasteiger partial charge in [0.15, 0.2) is 0 Å². The Morgan fingerprint density at radius 2 is 2.00 bits per heavy atom. The first-order valence-corrected chi connectivity index (χ1v) is 9.25. The van der Waals surface area contributed by atoms with Gasteiger partial charge in [0.2, 0.25) is 0 Å². The van der Waals surface area contributed by atoms with E-state index in [9.17, 15) is 0 Å². The van der Waals surface area contributed by atoms with E-state index in [4.69, 9.17) is 5.11 Å². The molecule has 0 bridgehead atoms. The quantitative estimate of drug-likeness (QED) is 0.723. The minimum absolute atomic E-state index is 0.352. The molecule has 3 nitrogen and oxygen atoms in total. The van der Waals surface area contributed by atoms with E-state index in [0.717, 1.165) is 24.9 Å². The molecule has 1 atom stereocenters. The van der Waals surface area contributed by atoms with Gasteiger partial charge in [-0.25, -0.2) is 0 Å². The van der Waals surface area contributed by atoms with Crippen LogP contribution in [0.25, 0.3) is 0 Å². The van der Waals surface area contributed by atoms with E-state index in [-0.39, 0.29) is 0 Å². The monoisotopic (exact) mass is 296 g/mol. The molecule has 2 aliphatic rings. The first kappa shape index (κ1) is 17.2. The SMILES string of the molecule is CCNCC1(CN2CCCC2CCCO)CCC(C)CC1. The molecule has 21 heavy (non-hydrogen) atoms. The molecule has 3 heteroatoms. The molecule has 1 aliphatic heterocycles. The van der Waals surface area contributed by atoms with E-state index in [0.29, 0.717) is 12.0 Å². The highest BCUT2D eigenvalue weighted by Gasteiger charge is 2.38. The molecule has 2 N–H and O–H groups in total. The van der Waals surface area contributed by atoms with Crippen molar-refractivity contribution in [3.8, 4) is 0 Å². The first-order valence-electron chi connectivity index (χ1n) is 9.25. The molecule has 1 saturated carbocycles. The lowest BCUT2D eigenvalue weighted by Gasteiger charge is -2.43. The molecule has 124 valence electrons. The Balaban J connectivity index is 1.93. The second kappa shape index (κ2) is 8.50. The zero-order valence-electron chi connectivity index (χ0n) is 14.2. The topological polar surface area (TPSA) is 35.5 Å². The summed E-state index contributed by atoms with van der Waals surface area (Å²) in [6, 6.07) is 0.731. The van der Waals surface area contributed by atoms with Gasteiger partial charge in [-0.3, -0.25) is 4.90 Å². The van der Waals surface area contributed by atoms with E-state index in [2.05, 4.69) is 24.1 Å². The summed E-state index contributed by atoms with van der Waals surface area (Å²) in [6.45, 7) is 9.83. The van der Waals surface area contributed by atoms with Gasteiger partial charge in [0, 0.05) is 25.7 Å². The fraction of sp³-hybridized carbons (Fsp3) is 1.00. The molecule has 0 spiro atoms. The van der Waals surface area contributed by atoms with Crippen LogP contribution < -0.4 is 5.32 Å². The molecule has 0 amide bonds. The molecule has 1 aliphatic carbocycles. The number of hydrogen-bond donors (Lipinski definition) is 2. The van der Waals surface area contributed by atoms with E-state index in [1.807, 2.05) is 0 Å². The summed E-state index contributed by atoms with van der Waals surface area (Å²) < 4.78 is 0. The average molecular weight is 296 g/mol. The van der Waals surface area contributed by atoms with Crippen molar-refractivity contribution in [2.24, 2.45) is 11.3 Å². The fourth-order valence-electron chi connectivity index (χ4n) is 4.34. The van der Waals surface area contributed by atoms with Crippen molar-refractivity contribution >= 4 is 0 Å². The predicted octanol–water partition coefficient (Wildman–Crippen LogP) is 3.03. The van der Waals surface area contributed by atoms with Crippen LogP contribution in [0.2, 0.25) is 0 Å². The van der Waals surface area contributed by atoms with Gasteiger partial charge in [-0.15, -0.1) is 0 Å². The summed E-state index contributed by atoms with van der Waals surface area (Å²) in [7, 11) is 0. The number of aliphatic hydroxyl groups is 1. The van der Waals surface area contributed by atoms with Crippen LogP contribution >= 0.6 is 0 Å². The molecule has 0 aromatic heterocycles. The number of hydrogen-bond acceptors (Lipinski definition) is 3. The van der Waals surface area contributed by atoms with Crippen LogP contribution in [0.3, 0.4) is 0 Å². The van der Waals surface area contributed by atoms with Crippen molar-refractivity contribution in [2.45, 2.75) is 71.3 Å². The van der Waals surface area contributed by atoms with Crippen molar-refractivity contribution in [2.75, 3.05) is 32.8 Å². The standard InChI is InChI=1S/C18H36N2O/c1-3-19-14-18(10-8-16(2)9-11-18)15-20-12-4-6-17(20)7-5-13-21/h16-17,19,21H,3-15H2,1-2H3. The average Bonchev–Trinajstić information content (AvgIpc) is 2.93. The Labute approximate surface area is 131 Å². The fourth-order valence-corrected chi connectivity index (χ4v) is 4.34. The van der Waals surface area contributed by atoms with Crippen LogP contribution in [-0.4, -0.2) is 48.8 Å². The summed E-state index contributed by atoms with van der Waals surface area (Å²) in [5.74, 6) is 0.920. The molecule has 1 heterocycles. The van der Waals surface area contributed by atoms with E-state index < -0.39 is 0 Å². The molecule has 2 fully saturated rings. The highest BCUT2D eigenvalue weighted by molar-refractivity contribution is 4.92. The van der Waals surface area contributed by atoms with Crippen molar-refractivity contribution in [3.05, 3.63) is 0 Å². The Morgan fingerprint density at radius 1 is 1.24 bits per heavy atom. The third kappa shape index (κ3) is 4.94. The molecule has 1 saturated heterocycles. The number of nitrogens with one attached hydrogen (secondary N) is 1. The zero-order chi connectivity index (χ0) is 15.1. The third-order valence-electron chi connectivity index (χ3n) is 5.82. The van der Waals surface area contributed by atoms with E-state index in [1.165, 1.54) is 64.6 Å². The lowest BCUT2D eigenvalue weighted by atomic mass is 9.70. The zero-order valence-corrected chi connectivity index (χ0v) is 14.2. The summed E-state index contributed by atoms with van der Waals surface area (Å²) in [4.78, 5) is 2.75. The minimum atomic E-state index is 0.352. The maximum Gasteiger partial charge on any atom is 0.0431 e. The highest BCUT2D eigenvalue weighted by atomic mass is 16.2. The van der Waals surface area contributed by atoms with Gasteiger partial charge < -0.3 is 10.4 Å². The molecule has 0 aromatic carbocycles. The molecular weight excluding hydrogens is 260 g/mol. The second-order valence-corrected chi connectivity index (χ2v) is 7.60. The maximum atomic E-state index is 9.10. The van der Waals surface area contributed by atoms with Crippen molar-refractivity contribution in [1.29, 1.82) is 0 Å². The number of rotatable bonds is 8. The Hall–Kier alpha value is -0.120. The Kier molecular flexibility index (Phi) is 6.97. The van der Waals surface area contributed by atoms with Gasteiger partial charge in [0.1, 0.15) is 0 Å². The third-order valence-corrected chi connectivity index (χ3v) is 5.82. The van der Waals surface area contributed by atoms with E-state index >= 15 is 0 Å². The van der Waals surface area contributed by atoms with Crippen LogP contribution in [0.1, 0.15) is 65.2 Å². The summed E-state index contributed by atoms with van der Waals surface area (Å²) in [5.41, 5.74) is 0.504. The van der Waals surface area contributed by atoms with E-state index in [1.54, 1.807) is 0 Å². The highest BCUT2D eigenvalue weighted by Crippen LogP contribution is 2.40.